The van der Waals surface area contributed by atoms with Crippen LogP contribution in [0, 0.1) is 5.92 Å². The van der Waals surface area contributed by atoms with E-state index in [4.69, 9.17) is 5.73 Å². The first-order chi connectivity index (χ1) is 8.22. The Morgan fingerprint density at radius 3 is 2.59 bits per heavy atom. The van der Waals surface area contributed by atoms with Crippen LogP contribution >= 0.6 is 0 Å². The van der Waals surface area contributed by atoms with Crippen molar-refractivity contribution in [2.75, 3.05) is 20.1 Å². The lowest BCUT2D eigenvalue weighted by Crippen LogP contribution is -2.32. The highest BCUT2D eigenvalue weighted by atomic mass is 15.1. The van der Waals surface area contributed by atoms with Crippen molar-refractivity contribution in [3.05, 3.63) is 35.4 Å². The summed E-state index contributed by atoms with van der Waals surface area (Å²) < 4.78 is 0. The molecule has 0 radical (unpaired) electrons. The molecule has 1 aliphatic rings. The van der Waals surface area contributed by atoms with Gasteiger partial charge in [0.1, 0.15) is 0 Å². The van der Waals surface area contributed by atoms with Crippen molar-refractivity contribution in [2.45, 2.75) is 32.2 Å². The molecule has 0 saturated carbocycles. The predicted molar refractivity (Wildman–Crippen MR) is 73.0 cm³/mol. The van der Waals surface area contributed by atoms with Gasteiger partial charge in [-0.05, 0) is 55.9 Å². The molecule has 2 heteroatoms. The Morgan fingerprint density at radius 2 is 1.94 bits per heavy atom. The van der Waals surface area contributed by atoms with Crippen molar-refractivity contribution in [2.24, 2.45) is 11.7 Å². The van der Waals surface area contributed by atoms with Crippen LogP contribution in [-0.2, 0) is 6.54 Å². The molecule has 1 atom stereocenters. The fraction of sp³-hybridized carbons (Fsp3) is 0.600. The number of nitrogens with two attached hydrogens (primary N) is 1. The van der Waals surface area contributed by atoms with Gasteiger partial charge in [0.2, 0.25) is 0 Å². The van der Waals surface area contributed by atoms with E-state index in [0.717, 1.165) is 5.92 Å². The Kier molecular flexibility index (Phi) is 4.19. The third-order valence-corrected chi connectivity index (χ3v) is 4.24. The van der Waals surface area contributed by atoms with E-state index < -0.39 is 0 Å². The standard InChI is InChI=1S/C15H24N2/c1-12(13-7-9-17(2)10-8-13)15-6-4-3-5-14(15)11-16/h3-6,12-13H,7-11,16H2,1-2H3. The SMILES string of the molecule is CC(c1ccccc1CN)C1CCN(C)CC1. The fourth-order valence-corrected chi connectivity index (χ4v) is 2.95. The molecule has 0 bridgehead atoms. The average Bonchev–Trinajstić information content (AvgIpc) is 2.39. The maximum atomic E-state index is 5.83. The first-order valence-electron chi connectivity index (χ1n) is 6.68. The number of piperidine rings is 1. The first-order valence-corrected chi connectivity index (χ1v) is 6.68. The van der Waals surface area contributed by atoms with Gasteiger partial charge in [0.05, 0.1) is 0 Å². The molecule has 2 nitrogen and oxygen atoms in total. The molecule has 17 heavy (non-hydrogen) atoms. The highest BCUT2D eigenvalue weighted by Gasteiger charge is 2.24. The van der Waals surface area contributed by atoms with Gasteiger partial charge in [-0.15, -0.1) is 0 Å². The second kappa shape index (κ2) is 5.65. The van der Waals surface area contributed by atoms with Gasteiger partial charge >= 0.3 is 0 Å². The van der Waals surface area contributed by atoms with Crippen LogP contribution < -0.4 is 5.73 Å². The van der Waals surface area contributed by atoms with Crippen LogP contribution in [0.1, 0.15) is 36.8 Å². The van der Waals surface area contributed by atoms with E-state index >= 15 is 0 Å². The molecule has 0 aromatic heterocycles. The number of rotatable bonds is 3. The molecule has 1 saturated heterocycles. The number of nitrogens with zero attached hydrogens (tertiary/aromatic N) is 1. The second-order valence-corrected chi connectivity index (χ2v) is 5.33. The molecule has 0 aliphatic carbocycles. The van der Waals surface area contributed by atoms with Crippen molar-refractivity contribution >= 4 is 0 Å². The van der Waals surface area contributed by atoms with Crippen LogP contribution in [0.5, 0.6) is 0 Å². The maximum absolute atomic E-state index is 5.83. The molecule has 1 aliphatic heterocycles. The van der Waals surface area contributed by atoms with Crippen LogP contribution in [0.4, 0.5) is 0 Å². The fourth-order valence-electron chi connectivity index (χ4n) is 2.95. The number of hydrogen-bond donors (Lipinski definition) is 1. The van der Waals surface area contributed by atoms with Gasteiger partial charge in [0.15, 0.2) is 0 Å². The molecule has 2 rings (SSSR count). The van der Waals surface area contributed by atoms with E-state index in [-0.39, 0.29) is 0 Å². The van der Waals surface area contributed by atoms with E-state index in [9.17, 15) is 0 Å². The molecule has 1 heterocycles. The molecule has 1 aromatic rings. The molecule has 1 unspecified atom stereocenters. The van der Waals surface area contributed by atoms with Gasteiger partial charge in [-0.25, -0.2) is 0 Å². The van der Waals surface area contributed by atoms with E-state index in [2.05, 4.69) is 43.1 Å². The Hall–Kier alpha value is -0.860. The Labute approximate surface area is 105 Å². The summed E-state index contributed by atoms with van der Waals surface area (Å²) in [6.45, 7) is 5.50. The summed E-state index contributed by atoms with van der Waals surface area (Å²) in [5, 5.41) is 0. The number of benzene rings is 1. The molecule has 1 fully saturated rings. The lowest BCUT2D eigenvalue weighted by atomic mass is 9.80. The van der Waals surface area contributed by atoms with Crippen molar-refractivity contribution in [3.63, 3.8) is 0 Å². The maximum Gasteiger partial charge on any atom is 0.0180 e. The first kappa shape index (κ1) is 12.6. The zero-order valence-electron chi connectivity index (χ0n) is 11.0. The van der Waals surface area contributed by atoms with Crippen molar-refractivity contribution in [3.8, 4) is 0 Å². The highest BCUT2D eigenvalue weighted by Crippen LogP contribution is 2.33. The second-order valence-electron chi connectivity index (χ2n) is 5.33. The topological polar surface area (TPSA) is 29.3 Å². The predicted octanol–water partition coefficient (Wildman–Crippen LogP) is 2.59. The van der Waals surface area contributed by atoms with E-state index in [1.165, 1.54) is 37.1 Å². The highest BCUT2D eigenvalue weighted by molar-refractivity contribution is 5.30. The smallest absolute Gasteiger partial charge is 0.0180 e. The minimum Gasteiger partial charge on any atom is -0.326 e. The van der Waals surface area contributed by atoms with Gasteiger partial charge in [-0.1, -0.05) is 31.2 Å². The van der Waals surface area contributed by atoms with Crippen LogP contribution in [-0.4, -0.2) is 25.0 Å². The summed E-state index contributed by atoms with van der Waals surface area (Å²) in [5.74, 6) is 1.46. The van der Waals surface area contributed by atoms with Crippen molar-refractivity contribution in [1.29, 1.82) is 0 Å². The van der Waals surface area contributed by atoms with Crippen molar-refractivity contribution in [1.82, 2.24) is 4.90 Å². The Balaban J connectivity index is 2.10. The monoisotopic (exact) mass is 232 g/mol. The molecule has 2 N–H and O–H groups in total. The summed E-state index contributed by atoms with van der Waals surface area (Å²) in [6.07, 6.45) is 2.63. The number of hydrogen-bond acceptors (Lipinski definition) is 2. The number of likely N-dealkylation sites (tertiary alicyclic amines) is 1. The van der Waals surface area contributed by atoms with Crippen LogP contribution in [0.2, 0.25) is 0 Å². The zero-order chi connectivity index (χ0) is 12.3. The van der Waals surface area contributed by atoms with Crippen LogP contribution in [0.15, 0.2) is 24.3 Å². The summed E-state index contributed by atoms with van der Waals surface area (Å²) in [6, 6.07) is 8.65. The molecule has 0 spiro atoms. The minimum atomic E-state index is 0.642. The van der Waals surface area contributed by atoms with Crippen LogP contribution in [0.3, 0.4) is 0 Å². The van der Waals surface area contributed by atoms with E-state index in [1.54, 1.807) is 0 Å². The molecule has 0 amide bonds. The zero-order valence-corrected chi connectivity index (χ0v) is 11.0. The van der Waals surface area contributed by atoms with Gasteiger partial charge in [0.25, 0.3) is 0 Å². The molecule has 94 valence electrons. The summed E-state index contributed by atoms with van der Waals surface area (Å²) in [4.78, 5) is 2.43. The van der Waals surface area contributed by atoms with Gasteiger partial charge in [-0.3, -0.25) is 0 Å². The summed E-state index contributed by atoms with van der Waals surface area (Å²) >= 11 is 0. The average molecular weight is 232 g/mol. The lowest BCUT2D eigenvalue weighted by Gasteiger charge is -2.33. The minimum absolute atomic E-state index is 0.642. The molecular formula is C15H24N2. The molecular weight excluding hydrogens is 208 g/mol. The Morgan fingerprint density at radius 1 is 1.29 bits per heavy atom. The van der Waals surface area contributed by atoms with Crippen molar-refractivity contribution < 1.29 is 0 Å². The largest absolute Gasteiger partial charge is 0.326 e. The van der Waals surface area contributed by atoms with Gasteiger partial charge in [-0.2, -0.15) is 0 Å². The van der Waals surface area contributed by atoms with E-state index in [1.807, 2.05) is 0 Å². The van der Waals surface area contributed by atoms with Crippen LogP contribution in [0.25, 0.3) is 0 Å². The lowest BCUT2D eigenvalue weighted by molar-refractivity contribution is 0.202. The Bertz CT molecular complexity index is 354. The third-order valence-electron chi connectivity index (χ3n) is 4.24. The normalized spacial score (nSPS) is 20.4. The van der Waals surface area contributed by atoms with E-state index in [0.29, 0.717) is 12.5 Å². The molecule has 1 aromatic carbocycles. The third kappa shape index (κ3) is 2.88. The quantitative estimate of drug-likeness (QED) is 0.868. The summed E-state index contributed by atoms with van der Waals surface area (Å²) in [5.41, 5.74) is 8.61. The summed E-state index contributed by atoms with van der Waals surface area (Å²) in [7, 11) is 2.22. The van der Waals surface area contributed by atoms with Gasteiger partial charge in [0, 0.05) is 6.54 Å². The van der Waals surface area contributed by atoms with Gasteiger partial charge < -0.3 is 10.6 Å².